The molecule has 0 N–H and O–H groups in total. The second-order valence-electron chi connectivity index (χ2n) is 5.71. The molecule has 0 spiro atoms. The van der Waals surface area contributed by atoms with Crippen molar-refractivity contribution in [2.24, 2.45) is 11.3 Å². The molecule has 0 amide bonds. The van der Waals surface area contributed by atoms with E-state index in [0.717, 1.165) is 6.42 Å². The van der Waals surface area contributed by atoms with Crippen molar-refractivity contribution >= 4 is 5.78 Å². The van der Waals surface area contributed by atoms with E-state index in [-0.39, 0.29) is 11.2 Å². The molecular formula is C14H21NO. The van der Waals surface area contributed by atoms with Gasteiger partial charge in [0.1, 0.15) is 5.69 Å². The first-order valence-electron chi connectivity index (χ1n) is 5.83. The number of pyridine rings is 1. The summed E-state index contributed by atoms with van der Waals surface area (Å²) < 4.78 is 0. The summed E-state index contributed by atoms with van der Waals surface area (Å²) in [6.45, 7) is 8.74. The number of hydrogen-bond donors (Lipinski definition) is 0. The van der Waals surface area contributed by atoms with E-state index in [9.17, 15) is 4.79 Å². The topological polar surface area (TPSA) is 30.0 Å². The summed E-state index contributed by atoms with van der Waals surface area (Å²) in [5.74, 6) is 0.562. The highest BCUT2D eigenvalue weighted by molar-refractivity contribution is 5.94. The van der Waals surface area contributed by atoms with Gasteiger partial charge in [0, 0.05) is 12.6 Å². The van der Waals surface area contributed by atoms with E-state index in [2.05, 4.69) is 32.7 Å². The van der Waals surface area contributed by atoms with E-state index >= 15 is 0 Å². The van der Waals surface area contributed by atoms with Gasteiger partial charge in [-0.1, -0.05) is 33.8 Å². The number of nitrogens with zero attached hydrogens (tertiary/aromatic N) is 1. The van der Waals surface area contributed by atoms with Crippen molar-refractivity contribution in [3.63, 3.8) is 0 Å². The van der Waals surface area contributed by atoms with Crippen molar-refractivity contribution in [1.29, 1.82) is 0 Å². The average molecular weight is 219 g/mol. The van der Waals surface area contributed by atoms with E-state index < -0.39 is 0 Å². The van der Waals surface area contributed by atoms with Crippen molar-refractivity contribution in [3.05, 3.63) is 30.1 Å². The largest absolute Gasteiger partial charge is 0.292 e. The standard InChI is InChI=1S/C14H21NO/c1-11(10-14(2,3)4)9-13(16)12-7-5-6-8-15-12/h5-8,11H,9-10H2,1-4H3/t11-/m0/s1. The van der Waals surface area contributed by atoms with E-state index in [1.165, 1.54) is 0 Å². The average Bonchev–Trinajstić information content (AvgIpc) is 2.16. The fourth-order valence-corrected chi connectivity index (χ4v) is 2.07. The molecular weight excluding hydrogens is 198 g/mol. The number of rotatable bonds is 4. The molecule has 0 aliphatic heterocycles. The molecule has 2 nitrogen and oxygen atoms in total. The van der Waals surface area contributed by atoms with Gasteiger partial charge >= 0.3 is 0 Å². The molecule has 0 bridgehead atoms. The van der Waals surface area contributed by atoms with Crippen LogP contribution < -0.4 is 0 Å². The monoisotopic (exact) mass is 219 g/mol. The Kier molecular flexibility index (Phi) is 4.22. The maximum atomic E-state index is 11.9. The maximum Gasteiger partial charge on any atom is 0.181 e. The van der Waals surface area contributed by atoms with Crippen LogP contribution in [-0.2, 0) is 0 Å². The molecule has 16 heavy (non-hydrogen) atoms. The van der Waals surface area contributed by atoms with Gasteiger partial charge < -0.3 is 0 Å². The Hall–Kier alpha value is -1.18. The lowest BCUT2D eigenvalue weighted by Gasteiger charge is -2.22. The van der Waals surface area contributed by atoms with Gasteiger partial charge in [-0.25, -0.2) is 0 Å². The Morgan fingerprint density at radius 1 is 1.38 bits per heavy atom. The molecule has 0 saturated heterocycles. The Bertz CT molecular complexity index is 338. The minimum atomic E-state index is 0.150. The Labute approximate surface area is 98.1 Å². The number of hydrogen-bond acceptors (Lipinski definition) is 2. The maximum absolute atomic E-state index is 11.9. The summed E-state index contributed by atoms with van der Waals surface area (Å²) >= 11 is 0. The zero-order chi connectivity index (χ0) is 12.2. The smallest absolute Gasteiger partial charge is 0.181 e. The summed E-state index contributed by atoms with van der Waals surface area (Å²) in [6.07, 6.45) is 3.32. The van der Waals surface area contributed by atoms with Crippen LogP contribution in [0.4, 0.5) is 0 Å². The highest BCUT2D eigenvalue weighted by Gasteiger charge is 2.18. The van der Waals surface area contributed by atoms with Crippen LogP contribution in [0.25, 0.3) is 0 Å². The van der Waals surface area contributed by atoms with Crippen LogP contribution in [0.2, 0.25) is 0 Å². The number of aromatic nitrogens is 1. The second kappa shape index (κ2) is 5.24. The minimum Gasteiger partial charge on any atom is -0.292 e. The lowest BCUT2D eigenvalue weighted by molar-refractivity contribution is 0.0949. The Balaban J connectivity index is 2.53. The van der Waals surface area contributed by atoms with Crippen LogP contribution in [-0.4, -0.2) is 10.8 Å². The van der Waals surface area contributed by atoms with Gasteiger partial charge in [0.15, 0.2) is 5.78 Å². The van der Waals surface area contributed by atoms with Gasteiger partial charge in [0.25, 0.3) is 0 Å². The van der Waals surface area contributed by atoms with Crippen LogP contribution in [0.3, 0.4) is 0 Å². The van der Waals surface area contributed by atoms with E-state index in [0.29, 0.717) is 18.0 Å². The highest BCUT2D eigenvalue weighted by atomic mass is 16.1. The number of ketones is 1. The predicted molar refractivity (Wildman–Crippen MR) is 66.4 cm³/mol. The lowest BCUT2D eigenvalue weighted by Crippen LogP contribution is -2.14. The Morgan fingerprint density at radius 3 is 2.56 bits per heavy atom. The zero-order valence-electron chi connectivity index (χ0n) is 10.7. The molecule has 1 heterocycles. The number of Topliss-reactive ketones (excluding diaryl/α,β-unsaturated/α-hetero) is 1. The van der Waals surface area contributed by atoms with Gasteiger partial charge in [0.2, 0.25) is 0 Å². The Morgan fingerprint density at radius 2 is 2.06 bits per heavy atom. The van der Waals surface area contributed by atoms with Crippen LogP contribution >= 0.6 is 0 Å². The van der Waals surface area contributed by atoms with E-state index in [1.807, 2.05) is 12.1 Å². The molecule has 0 unspecified atom stereocenters. The number of carbonyl (C=O) groups is 1. The van der Waals surface area contributed by atoms with E-state index in [4.69, 9.17) is 0 Å². The number of carbonyl (C=O) groups excluding carboxylic acids is 1. The van der Waals surface area contributed by atoms with Crippen molar-refractivity contribution in [1.82, 2.24) is 4.98 Å². The third-order valence-electron chi connectivity index (χ3n) is 2.45. The summed E-state index contributed by atoms with van der Waals surface area (Å²) in [4.78, 5) is 16.0. The summed E-state index contributed by atoms with van der Waals surface area (Å²) in [5, 5.41) is 0. The molecule has 0 aliphatic rings. The molecule has 0 aliphatic carbocycles. The fraction of sp³-hybridized carbons (Fsp3) is 0.571. The summed E-state index contributed by atoms with van der Waals surface area (Å²) in [6, 6.07) is 5.47. The molecule has 1 aromatic heterocycles. The van der Waals surface area contributed by atoms with Crippen molar-refractivity contribution in [2.75, 3.05) is 0 Å². The first-order valence-corrected chi connectivity index (χ1v) is 5.83. The zero-order valence-corrected chi connectivity index (χ0v) is 10.7. The molecule has 0 fully saturated rings. The first-order chi connectivity index (χ1) is 7.38. The van der Waals surface area contributed by atoms with Crippen molar-refractivity contribution in [3.8, 4) is 0 Å². The van der Waals surface area contributed by atoms with Crippen LogP contribution in [0.15, 0.2) is 24.4 Å². The van der Waals surface area contributed by atoms with Gasteiger partial charge in [-0.05, 0) is 29.9 Å². The van der Waals surface area contributed by atoms with Gasteiger partial charge in [-0.3, -0.25) is 9.78 Å². The molecule has 0 radical (unpaired) electrons. The van der Waals surface area contributed by atoms with Crippen molar-refractivity contribution in [2.45, 2.75) is 40.5 Å². The highest BCUT2D eigenvalue weighted by Crippen LogP contribution is 2.26. The molecule has 88 valence electrons. The predicted octanol–water partition coefficient (Wildman–Crippen LogP) is 3.73. The molecule has 1 aromatic rings. The molecule has 0 aromatic carbocycles. The molecule has 1 rings (SSSR count). The molecule has 2 heteroatoms. The lowest BCUT2D eigenvalue weighted by atomic mass is 9.83. The van der Waals surface area contributed by atoms with Crippen LogP contribution in [0, 0.1) is 11.3 Å². The molecule has 1 atom stereocenters. The fourth-order valence-electron chi connectivity index (χ4n) is 2.07. The summed E-state index contributed by atoms with van der Waals surface area (Å²) in [5.41, 5.74) is 0.868. The van der Waals surface area contributed by atoms with Crippen LogP contribution in [0.5, 0.6) is 0 Å². The minimum absolute atomic E-state index is 0.150. The molecule has 0 saturated carbocycles. The quantitative estimate of drug-likeness (QED) is 0.722. The van der Waals surface area contributed by atoms with Gasteiger partial charge in [-0.15, -0.1) is 0 Å². The van der Waals surface area contributed by atoms with Crippen LogP contribution in [0.1, 0.15) is 51.0 Å². The van der Waals surface area contributed by atoms with Gasteiger partial charge in [-0.2, -0.15) is 0 Å². The SMILES string of the molecule is C[C@@H](CC(=O)c1ccccn1)CC(C)(C)C. The second-order valence-corrected chi connectivity index (χ2v) is 5.71. The van der Waals surface area contributed by atoms with Crippen molar-refractivity contribution < 1.29 is 4.79 Å². The van der Waals surface area contributed by atoms with E-state index in [1.54, 1.807) is 12.3 Å². The first kappa shape index (κ1) is 12.9. The normalized spacial score (nSPS) is 13.5. The third-order valence-corrected chi connectivity index (χ3v) is 2.45. The van der Waals surface area contributed by atoms with Gasteiger partial charge in [0.05, 0.1) is 0 Å². The summed E-state index contributed by atoms with van der Waals surface area (Å²) in [7, 11) is 0. The third kappa shape index (κ3) is 4.56.